The van der Waals surface area contributed by atoms with Crippen LogP contribution in [0.5, 0.6) is 0 Å². The highest BCUT2D eigenvalue weighted by atomic mass is 16.2. The molecule has 1 N–H and O–H groups in total. The molecule has 0 radical (unpaired) electrons. The van der Waals surface area contributed by atoms with E-state index < -0.39 is 0 Å². The summed E-state index contributed by atoms with van der Waals surface area (Å²) in [6.07, 6.45) is 3.46. The van der Waals surface area contributed by atoms with E-state index >= 15 is 0 Å². The molecule has 0 aromatic carbocycles. The Hall–Kier alpha value is -2.44. The van der Waals surface area contributed by atoms with E-state index in [9.17, 15) is 4.79 Å². The molecule has 0 atom stereocenters. The Labute approximate surface area is 123 Å². The number of amides is 1. The van der Waals surface area contributed by atoms with Gasteiger partial charge in [0.25, 0.3) is 5.91 Å². The minimum absolute atomic E-state index is 0.00881. The van der Waals surface area contributed by atoms with Gasteiger partial charge in [-0.2, -0.15) is 5.10 Å². The van der Waals surface area contributed by atoms with E-state index in [1.807, 2.05) is 18.7 Å². The van der Waals surface area contributed by atoms with Gasteiger partial charge in [0.05, 0.1) is 0 Å². The Balaban J connectivity index is 1.66. The van der Waals surface area contributed by atoms with Crippen LogP contribution in [0, 0.1) is 13.8 Å². The molecule has 3 rings (SSSR count). The molecule has 1 aliphatic heterocycles. The van der Waals surface area contributed by atoms with E-state index in [1.54, 1.807) is 18.5 Å². The quantitative estimate of drug-likeness (QED) is 0.882. The largest absolute Gasteiger partial charge is 0.337 e. The normalized spacial score (nSPS) is 15.3. The van der Waals surface area contributed by atoms with Gasteiger partial charge in [-0.25, -0.2) is 9.97 Å². The number of carbonyl (C=O) groups is 1. The third kappa shape index (κ3) is 2.58. The highest BCUT2D eigenvalue weighted by molar-refractivity contribution is 5.94. The van der Waals surface area contributed by atoms with E-state index in [-0.39, 0.29) is 5.91 Å². The first-order valence-electron chi connectivity index (χ1n) is 6.99. The van der Waals surface area contributed by atoms with Gasteiger partial charge in [0, 0.05) is 49.8 Å². The summed E-state index contributed by atoms with van der Waals surface area (Å²) < 4.78 is 0. The lowest BCUT2D eigenvalue weighted by Gasteiger charge is -2.34. The lowest BCUT2D eigenvalue weighted by atomic mass is 10.2. The average molecular weight is 286 g/mol. The topological polar surface area (TPSA) is 78.0 Å². The summed E-state index contributed by atoms with van der Waals surface area (Å²) in [7, 11) is 0. The molecule has 0 spiro atoms. The SMILES string of the molecule is Cc1[nH]nc(C(=O)N2CCN(c3ncccn3)CC2)c1C. The maximum atomic E-state index is 12.5. The van der Waals surface area contributed by atoms with Crippen LogP contribution >= 0.6 is 0 Å². The lowest BCUT2D eigenvalue weighted by Crippen LogP contribution is -2.49. The number of anilines is 1. The summed E-state index contributed by atoms with van der Waals surface area (Å²) in [6, 6.07) is 1.80. The molecule has 21 heavy (non-hydrogen) atoms. The molecule has 0 saturated carbocycles. The Morgan fingerprint density at radius 3 is 2.38 bits per heavy atom. The van der Waals surface area contributed by atoms with Gasteiger partial charge >= 0.3 is 0 Å². The van der Waals surface area contributed by atoms with Crippen LogP contribution in [0.3, 0.4) is 0 Å². The van der Waals surface area contributed by atoms with Crippen molar-refractivity contribution in [3.05, 3.63) is 35.4 Å². The van der Waals surface area contributed by atoms with Crippen LogP contribution in [0.15, 0.2) is 18.5 Å². The molecule has 2 aromatic heterocycles. The summed E-state index contributed by atoms with van der Waals surface area (Å²) in [5.74, 6) is 0.710. The van der Waals surface area contributed by atoms with Gasteiger partial charge in [0.2, 0.25) is 5.95 Å². The van der Waals surface area contributed by atoms with Crippen molar-refractivity contribution in [3.63, 3.8) is 0 Å². The number of rotatable bonds is 2. The van der Waals surface area contributed by atoms with Crippen molar-refractivity contribution >= 4 is 11.9 Å². The van der Waals surface area contributed by atoms with Crippen LogP contribution in [0.2, 0.25) is 0 Å². The maximum absolute atomic E-state index is 12.5. The number of aromatic nitrogens is 4. The smallest absolute Gasteiger partial charge is 0.274 e. The summed E-state index contributed by atoms with van der Waals surface area (Å²) in [5.41, 5.74) is 2.39. The van der Waals surface area contributed by atoms with Gasteiger partial charge in [0.1, 0.15) is 0 Å². The number of nitrogens with one attached hydrogen (secondary N) is 1. The number of hydrogen-bond acceptors (Lipinski definition) is 5. The molecule has 110 valence electrons. The summed E-state index contributed by atoms with van der Waals surface area (Å²) in [4.78, 5) is 24.9. The molecule has 1 fully saturated rings. The molecule has 0 bridgehead atoms. The predicted molar refractivity (Wildman–Crippen MR) is 78.2 cm³/mol. The summed E-state index contributed by atoms with van der Waals surface area (Å²) in [6.45, 7) is 6.62. The zero-order chi connectivity index (χ0) is 14.8. The summed E-state index contributed by atoms with van der Waals surface area (Å²) >= 11 is 0. The predicted octanol–water partition coefficient (Wildman–Crippen LogP) is 0.779. The number of hydrogen-bond donors (Lipinski definition) is 1. The first kappa shape index (κ1) is 13.5. The highest BCUT2D eigenvalue weighted by Gasteiger charge is 2.26. The van der Waals surface area contributed by atoms with Crippen molar-refractivity contribution in [1.29, 1.82) is 0 Å². The van der Waals surface area contributed by atoms with Crippen molar-refractivity contribution in [3.8, 4) is 0 Å². The number of aryl methyl sites for hydroxylation is 1. The molecule has 1 saturated heterocycles. The van der Waals surface area contributed by atoms with Crippen molar-refractivity contribution in [2.24, 2.45) is 0 Å². The first-order chi connectivity index (χ1) is 10.2. The van der Waals surface area contributed by atoms with Crippen LogP contribution in [-0.4, -0.2) is 57.2 Å². The molecular weight excluding hydrogens is 268 g/mol. The van der Waals surface area contributed by atoms with Crippen LogP contribution < -0.4 is 4.90 Å². The molecule has 1 aliphatic rings. The van der Waals surface area contributed by atoms with Crippen LogP contribution in [0.25, 0.3) is 0 Å². The third-order valence-corrected chi connectivity index (χ3v) is 3.86. The monoisotopic (exact) mass is 286 g/mol. The second-order valence-electron chi connectivity index (χ2n) is 5.15. The van der Waals surface area contributed by atoms with Crippen LogP contribution in [-0.2, 0) is 0 Å². The minimum atomic E-state index is -0.00881. The molecule has 1 amide bonds. The average Bonchev–Trinajstić information content (AvgIpc) is 2.87. The number of H-pyrrole nitrogens is 1. The third-order valence-electron chi connectivity index (χ3n) is 3.86. The van der Waals surface area contributed by atoms with Gasteiger partial charge in [-0.15, -0.1) is 0 Å². The van der Waals surface area contributed by atoms with Crippen LogP contribution in [0.4, 0.5) is 5.95 Å². The number of nitrogens with zero attached hydrogens (tertiary/aromatic N) is 5. The van der Waals surface area contributed by atoms with Gasteiger partial charge < -0.3 is 9.80 Å². The lowest BCUT2D eigenvalue weighted by molar-refractivity contribution is 0.0739. The fourth-order valence-electron chi connectivity index (χ4n) is 2.41. The fourth-order valence-corrected chi connectivity index (χ4v) is 2.41. The molecule has 7 heteroatoms. The first-order valence-corrected chi connectivity index (χ1v) is 6.99. The van der Waals surface area contributed by atoms with Gasteiger partial charge in [-0.05, 0) is 19.9 Å². The van der Waals surface area contributed by atoms with E-state index in [1.165, 1.54) is 0 Å². The fraction of sp³-hybridized carbons (Fsp3) is 0.429. The van der Waals surface area contributed by atoms with Gasteiger partial charge in [0.15, 0.2) is 5.69 Å². The number of aromatic amines is 1. The maximum Gasteiger partial charge on any atom is 0.274 e. The second kappa shape index (κ2) is 5.51. The molecule has 3 heterocycles. The van der Waals surface area contributed by atoms with Crippen molar-refractivity contribution in [1.82, 2.24) is 25.1 Å². The second-order valence-corrected chi connectivity index (χ2v) is 5.15. The zero-order valence-corrected chi connectivity index (χ0v) is 12.2. The van der Waals surface area contributed by atoms with Gasteiger partial charge in [-0.3, -0.25) is 9.89 Å². The molecular formula is C14H18N6O. The van der Waals surface area contributed by atoms with E-state index in [0.29, 0.717) is 18.8 Å². The van der Waals surface area contributed by atoms with Crippen molar-refractivity contribution in [2.75, 3.05) is 31.1 Å². The summed E-state index contributed by atoms with van der Waals surface area (Å²) in [5, 5.41) is 6.98. The van der Waals surface area contributed by atoms with E-state index in [2.05, 4.69) is 25.1 Å². The Bertz CT molecular complexity index is 630. The van der Waals surface area contributed by atoms with Crippen LogP contribution in [0.1, 0.15) is 21.7 Å². The molecule has 0 unspecified atom stereocenters. The Morgan fingerprint density at radius 1 is 1.14 bits per heavy atom. The van der Waals surface area contributed by atoms with Gasteiger partial charge in [-0.1, -0.05) is 0 Å². The molecule has 2 aromatic rings. The van der Waals surface area contributed by atoms with Crippen molar-refractivity contribution < 1.29 is 4.79 Å². The van der Waals surface area contributed by atoms with Crippen molar-refractivity contribution in [2.45, 2.75) is 13.8 Å². The highest BCUT2D eigenvalue weighted by Crippen LogP contribution is 2.15. The van der Waals surface area contributed by atoms with E-state index in [4.69, 9.17) is 0 Å². The van der Waals surface area contributed by atoms with E-state index in [0.717, 1.165) is 30.3 Å². The number of carbonyl (C=O) groups excluding carboxylic acids is 1. The molecule has 7 nitrogen and oxygen atoms in total. The Morgan fingerprint density at radius 2 is 1.81 bits per heavy atom. The Kier molecular flexibility index (Phi) is 3.55. The number of piperazine rings is 1. The standard InChI is InChI=1S/C14H18N6O/c1-10-11(2)17-18-12(10)13(21)19-6-8-20(9-7-19)14-15-4-3-5-16-14/h3-5H,6-9H2,1-2H3,(H,17,18). The minimum Gasteiger partial charge on any atom is -0.337 e. The molecule has 0 aliphatic carbocycles. The zero-order valence-electron chi connectivity index (χ0n) is 12.2.